The van der Waals surface area contributed by atoms with Crippen LogP contribution in [0.1, 0.15) is 17.3 Å². The van der Waals surface area contributed by atoms with Crippen LogP contribution in [0.2, 0.25) is 0 Å². The van der Waals surface area contributed by atoms with E-state index in [0.717, 1.165) is 4.88 Å². The van der Waals surface area contributed by atoms with Gasteiger partial charge in [0.25, 0.3) is 0 Å². The summed E-state index contributed by atoms with van der Waals surface area (Å²) in [6, 6.07) is 3.31. The first-order valence-corrected chi connectivity index (χ1v) is 4.02. The summed E-state index contributed by atoms with van der Waals surface area (Å²) in [4.78, 5) is 0.851. The second-order valence-corrected chi connectivity index (χ2v) is 3.12. The molecular weight excluding hydrogens is 160 g/mol. The van der Waals surface area contributed by atoms with E-state index in [1.807, 2.05) is 6.07 Å². The molecule has 1 aromatic rings. The minimum absolute atomic E-state index is 0.221. The van der Waals surface area contributed by atoms with Crippen molar-refractivity contribution in [2.45, 2.75) is 12.5 Å². The van der Waals surface area contributed by atoms with Crippen LogP contribution in [-0.2, 0) is 0 Å². The van der Waals surface area contributed by atoms with Gasteiger partial charge in [0, 0.05) is 10.3 Å². The summed E-state index contributed by atoms with van der Waals surface area (Å²) in [6.45, 7) is 0. The molecule has 0 saturated carbocycles. The van der Waals surface area contributed by atoms with Crippen molar-refractivity contribution in [2.75, 3.05) is 0 Å². The van der Waals surface area contributed by atoms with Crippen molar-refractivity contribution in [3.63, 3.8) is 0 Å². The lowest BCUT2D eigenvalue weighted by Crippen LogP contribution is -2.06. The molecule has 1 atom stereocenters. The largest absolute Gasteiger partial charge is 0.507 e. The van der Waals surface area contributed by atoms with Gasteiger partial charge in [-0.2, -0.15) is 5.26 Å². The lowest BCUT2D eigenvalue weighted by Gasteiger charge is -2.01. The first-order valence-electron chi connectivity index (χ1n) is 3.14. The van der Waals surface area contributed by atoms with E-state index >= 15 is 0 Å². The number of rotatable bonds is 2. The van der Waals surface area contributed by atoms with Crippen molar-refractivity contribution in [1.82, 2.24) is 0 Å². The zero-order valence-corrected chi connectivity index (χ0v) is 6.64. The van der Waals surface area contributed by atoms with Gasteiger partial charge in [0.05, 0.1) is 18.5 Å². The highest BCUT2D eigenvalue weighted by Crippen LogP contribution is 2.25. The summed E-state index contributed by atoms with van der Waals surface area (Å²) < 4.78 is 0. The van der Waals surface area contributed by atoms with E-state index in [1.54, 1.807) is 11.4 Å². The fourth-order valence-corrected chi connectivity index (χ4v) is 1.51. The van der Waals surface area contributed by atoms with Crippen LogP contribution in [0.3, 0.4) is 0 Å². The van der Waals surface area contributed by atoms with Crippen molar-refractivity contribution in [3.05, 3.63) is 16.3 Å². The number of nitriles is 1. The number of nitrogens with two attached hydrogens (primary N) is 1. The predicted octanol–water partition coefficient (Wildman–Crippen LogP) is 1.37. The van der Waals surface area contributed by atoms with E-state index in [9.17, 15) is 0 Å². The van der Waals surface area contributed by atoms with E-state index in [-0.39, 0.29) is 11.8 Å². The van der Waals surface area contributed by atoms with Crippen LogP contribution >= 0.6 is 11.3 Å². The summed E-state index contributed by atoms with van der Waals surface area (Å²) in [7, 11) is 0. The third kappa shape index (κ3) is 1.93. The Balaban J connectivity index is 2.70. The Morgan fingerprint density at radius 2 is 2.55 bits per heavy atom. The predicted molar refractivity (Wildman–Crippen MR) is 43.1 cm³/mol. The number of thiophene rings is 1. The smallest absolute Gasteiger partial charge is 0.126 e. The maximum Gasteiger partial charge on any atom is 0.126 e. The molecular formula is C7H8N2OS. The lowest BCUT2D eigenvalue weighted by atomic mass is 10.2. The molecule has 0 aromatic carbocycles. The summed E-state index contributed by atoms with van der Waals surface area (Å²) in [6.07, 6.45) is 0.292. The van der Waals surface area contributed by atoms with Crippen molar-refractivity contribution in [1.29, 1.82) is 5.26 Å². The highest BCUT2D eigenvalue weighted by Gasteiger charge is 2.07. The van der Waals surface area contributed by atoms with Gasteiger partial charge in [0.15, 0.2) is 0 Å². The Morgan fingerprint density at radius 1 is 1.82 bits per heavy atom. The first-order chi connectivity index (χ1) is 5.24. The third-order valence-electron chi connectivity index (χ3n) is 1.28. The van der Waals surface area contributed by atoms with Crippen molar-refractivity contribution in [3.8, 4) is 11.8 Å². The number of hydrogen-bond acceptors (Lipinski definition) is 4. The number of hydrogen-bond donors (Lipinski definition) is 2. The van der Waals surface area contributed by atoms with Crippen LogP contribution in [0, 0.1) is 11.3 Å². The minimum atomic E-state index is -0.258. The van der Waals surface area contributed by atoms with E-state index in [2.05, 4.69) is 0 Å². The van der Waals surface area contributed by atoms with Crippen LogP contribution in [0.4, 0.5) is 0 Å². The molecule has 0 spiro atoms. The van der Waals surface area contributed by atoms with Crippen LogP contribution < -0.4 is 5.73 Å². The molecule has 3 nitrogen and oxygen atoms in total. The third-order valence-corrected chi connectivity index (χ3v) is 2.33. The average Bonchev–Trinajstić information content (AvgIpc) is 2.36. The maximum absolute atomic E-state index is 8.94. The van der Waals surface area contributed by atoms with Crippen LogP contribution in [0.15, 0.2) is 11.4 Å². The molecule has 0 saturated heterocycles. The molecule has 0 bridgehead atoms. The lowest BCUT2D eigenvalue weighted by molar-refractivity contribution is 0.477. The van der Waals surface area contributed by atoms with E-state index in [0.29, 0.717) is 6.42 Å². The standard InChI is InChI=1S/C7H8N2OS/c8-2-1-6(9)7-3-5(10)4-11-7/h3-4,6,10H,1,9H2. The topological polar surface area (TPSA) is 70.0 Å². The highest BCUT2D eigenvalue weighted by atomic mass is 32.1. The van der Waals surface area contributed by atoms with Gasteiger partial charge in [-0.05, 0) is 6.07 Å². The number of nitrogens with zero attached hydrogens (tertiary/aromatic N) is 1. The quantitative estimate of drug-likeness (QED) is 0.700. The second-order valence-electron chi connectivity index (χ2n) is 2.18. The molecule has 0 aliphatic carbocycles. The average molecular weight is 168 g/mol. The first kappa shape index (κ1) is 8.05. The Morgan fingerprint density at radius 3 is 3.00 bits per heavy atom. The molecule has 1 rings (SSSR count). The summed E-state index contributed by atoms with van der Waals surface area (Å²) >= 11 is 1.37. The van der Waals surface area contributed by atoms with Crippen molar-refractivity contribution >= 4 is 11.3 Å². The molecule has 1 aromatic heterocycles. The maximum atomic E-state index is 8.94. The monoisotopic (exact) mass is 168 g/mol. The summed E-state index contributed by atoms with van der Waals surface area (Å²) in [5.41, 5.74) is 5.60. The number of aromatic hydroxyl groups is 1. The minimum Gasteiger partial charge on any atom is -0.507 e. The molecule has 0 fully saturated rings. The van der Waals surface area contributed by atoms with E-state index < -0.39 is 0 Å². The molecule has 0 amide bonds. The van der Waals surface area contributed by atoms with E-state index in [4.69, 9.17) is 16.1 Å². The van der Waals surface area contributed by atoms with E-state index in [1.165, 1.54) is 11.3 Å². The molecule has 0 aliphatic rings. The Hall–Kier alpha value is -1.05. The highest BCUT2D eigenvalue weighted by molar-refractivity contribution is 7.10. The van der Waals surface area contributed by atoms with Gasteiger partial charge >= 0.3 is 0 Å². The Labute approximate surface area is 68.7 Å². The molecule has 58 valence electrons. The molecule has 4 heteroatoms. The SMILES string of the molecule is N#CCC(N)c1cc(O)cs1. The summed E-state index contributed by atoms with van der Waals surface area (Å²) in [5, 5.41) is 18.9. The fraction of sp³-hybridized carbons (Fsp3) is 0.286. The van der Waals surface area contributed by atoms with Gasteiger partial charge in [-0.25, -0.2) is 0 Å². The molecule has 3 N–H and O–H groups in total. The zero-order chi connectivity index (χ0) is 8.27. The molecule has 1 unspecified atom stereocenters. The van der Waals surface area contributed by atoms with Gasteiger partial charge in [-0.15, -0.1) is 11.3 Å². The normalized spacial score (nSPS) is 12.4. The van der Waals surface area contributed by atoms with Gasteiger partial charge in [0.1, 0.15) is 5.75 Å². The van der Waals surface area contributed by atoms with Gasteiger partial charge in [-0.3, -0.25) is 0 Å². The van der Waals surface area contributed by atoms with Gasteiger partial charge < -0.3 is 10.8 Å². The fourth-order valence-electron chi connectivity index (χ4n) is 0.736. The Kier molecular flexibility index (Phi) is 2.47. The zero-order valence-electron chi connectivity index (χ0n) is 5.82. The van der Waals surface area contributed by atoms with Crippen LogP contribution in [-0.4, -0.2) is 5.11 Å². The van der Waals surface area contributed by atoms with Gasteiger partial charge in [-0.1, -0.05) is 0 Å². The van der Waals surface area contributed by atoms with Crippen LogP contribution in [0.5, 0.6) is 5.75 Å². The van der Waals surface area contributed by atoms with Crippen molar-refractivity contribution < 1.29 is 5.11 Å². The molecule has 0 aliphatic heterocycles. The molecule has 0 radical (unpaired) electrons. The van der Waals surface area contributed by atoms with Crippen molar-refractivity contribution in [2.24, 2.45) is 5.73 Å². The summed E-state index contributed by atoms with van der Waals surface area (Å²) in [5.74, 6) is 0.221. The Bertz CT molecular complexity index is 276. The molecule has 11 heavy (non-hydrogen) atoms. The molecule has 1 heterocycles. The van der Waals surface area contributed by atoms with Gasteiger partial charge in [0.2, 0.25) is 0 Å². The van der Waals surface area contributed by atoms with Crippen LogP contribution in [0.25, 0.3) is 0 Å². The second kappa shape index (κ2) is 3.37.